The highest BCUT2D eigenvalue weighted by Gasteiger charge is 2.37. The topological polar surface area (TPSA) is 23.5 Å². The fourth-order valence-corrected chi connectivity index (χ4v) is 12.5. The van der Waals surface area contributed by atoms with Crippen molar-refractivity contribution < 1.29 is 5.11 Å². The Balaban J connectivity index is 3.41. The smallest absolute Gasteiger partial charge is 0.174 e. The Morgan fingerprint density at radius 1 is 0.950 bits per heavy atom. The number of aliphatic hydroxyl groups excluding tert-OH is 1. The summed E-state index contributed by atoms with van der Waals surface area (Å²) in [5.41, 5.74) is 2.20. The molecule has 0 unspecified atom stereocenters. The van der Waals surface area contributed by atoms with Gasteiger partial charge >= 0.3 is 0 Å². The molecule has 20 heavy (non-hydrogen) atoms. The van der Waals surface area contributed by atoms with Crippen molar-refractivity contribution in [2.24, 2.45) is 0 Å². The molecule has 112 valence electrons. The van der Waals surface area contributed by atoms with Gasteiger partial charge in [0.2, 0.25) is 0 Å². The summed E-state index contributed by atoms with van der Waals surface area (Å²) in [6.45, 7) is 15.9. The van der Waals surface area contributed by atoms with Gasteiger partial charge in [0, 0.05) is 5.57 Å². The van der Waals surface area contributed by atoms with Crippen LogP contribution >= 0.6 is 0 Å². The zero-order chi connectivity index (χ0) is 15.6. The van der Waals surface area contributed by atoms with Crippen LogP contribution in [-0.4, -0.2) is 25.8 Å². The third kappa shape index (κ3) is 3.99. The van der Waals surface area contributed by atoms with Crippen LogP contribution in [0.4, 0.5) is 0 Å². The SMILES string of the molecule is CC/C(=C(\O)N([Si](C)(C)C)[Si](C)(C)C)c1ccccc1. The lowest BCUT2D eigenvalue weighted by atomic mass is 10.0. The average Bonchev–Trinajstić information content (AvgIpc) is 2.27. The molecule has 0 aliphatic heterocycles. The summed E-state index contributed by atoms with van der Waals surface area (Å²) in [6.07, 6.45) is 0.849. The van der Waals surface area contributed by atoms with E-state index in [0.717, 1.165) is 17.6 Å². The molecule has 0 fully saturated rings. The Labute approximate surface area is 126 Å². The van der Waals surface area contributed by atoms with Gasteiger partial charge in [0.1, 0.15) is 16.5 Å². The molecule has 0 amide bonds. The van der Waals surface area contributed by atoms with Crippen LogP contribution in [0.1, 0.15) is 18.9 Å². The predicted molar refractivity (Wildman–Crippen MR) is 94.8 cm³/mol. The molecule has 0 spiro atoms. The van der Waals surface area contributed by atoms with Crippen molar-refractivity contribution in [1.29, 1.82) is 0 Å². The Bertz CT molecular complexity index is 455. The Morgan fingerprint density at radius 2 is 1.40 bits per heavy atom. The lowest BCUT2D eigenvalue weighted by Crippen LogP contribution is -2.58. The summed E-state index contributed by atoms with van der Waals surface area (Å²) < 4.78 is 2.38. The number of aliphatic hydroxyl groups is 1. The molecule has 4 heteroatoms. The first-order valence-electron chi connectivity index (χ1n) is 7.37. The van der Waals surface area contributed by atoms with Gasteiger partial charge in [-0.2, -0.15) is 0 Å². The van der Waals surface area contributed by atoms with E-state index in [1.54, 1.807) is 0 Å². The maximum absolute atomic E-state index is 11.0. The third-order valence-corrected chi connectivity index (χ3v) is 10.4. The van der Waals surface area contributed by atoms with Crippen LogP contribution in [-0.2, 0) is 0 Å². The van der Waals surface area contributed by atoms with E-state index < -0.39 is 16.5 Å². The molecule has 2 nitrogen and oxygen atoms in total. The zero-order valence-corrected chi connectivity index (χ0v) is 16.0. The van der Waals surface area contributed by atoms with Crippen molar-refractivity contribution >= 4 is 22.0 Å². The van der Waals surface area contributed by atoms with Crippen LogP contribution in [0.15, 0.2) is 36.2 Å². The lowest BCUT2D eigenvalue weighted by molar-refractivity contribution is 0.334. The number of hydrogen-bond donors (Lipinski definition) is 1. The Morgan fingerprint density at radius 3 is 1.75 bits per heavy atom. The third-order valence-electron chi connectivity index (χ3n) is 3.30. The monoisotopic (exact) mass is 307 g/mol. The molecule has 0 saturated heterocycles. The van der Waals surface area contributed by atoms with Gasteiger partial charge in [-0.1, -0.05) is 76.5 Å². The van der Waals surface area contributed by atoms with Gasteiger partial charge in [0.05, 0.1) is 0 Å². The molecule has 0 saturated carbocycles. The zero-order valence-electron chi connectivity index (χ0n) is 14.0. The summed E-state index contributed by atoms with van der Waals surface area (Å²) >= 11 is 0. The molecule has 1 aromatic carbocycles. The number of benzene rings is 1. The molecular weight excluding hydrogens is 278 g/mol. The van der Waals surface area contributed by atoms with Gasteiger partial charge in [0.25, 0.3) is 0 Å². The van der Waals surface area contributed by atoms with E-state index in [1.165, 1.54) is 0 Å². The molecule has 0 aliphatic carbocycles. The molecule has 0 aliphatic rings. The first-order chi connectivity index (χ1) is 9.09. The summed E-state index contributed by atoms with van der Waals surface area (Å²) in [5.74, 6) is 0.511. The number of rotatable bonds is 5. The lowest BCUT2D eigenvalue weighted by Gasteiger charge is -2.45. The molecule has 0 radical (unpaired) electrons. The van der Waals surface area contributed by atoms with Crippen molar-refractivity contribution in [3.63, 3.8) is 0 Å². The molecular formula is C16H29NOSi2. The van der Waals surface area contributed by atoms with Crippen LogP contribution in [0.25, 0.3) is 5.57 Å². The maximum Gasteiger partial charge on any atom is 0.174 e. The van der Waals surface area contributed by atoms with Crippen LogP contribution in [0, 0.1) is 0 Å². The second-order valence-electron chi connectivity index (χ2n) is 7.20. The summed E-state index contributed by atoms with van der Waals surface area (Å²) in [7, 11) is -3.22. The van der Waals surface area contributed by atoms with Crippen molar-refractivity contribution in [2.75, 3.05) is 0 Å². The molecule has 1 N–H and O–H groups in total. The first-order valence-corrected chi connectivity index (χ1v) is 14.3. The van der Waals surface area contributed by atoms with Gasteiger partial charge in [-0.25, -0.2) is 0 Å². The fraction of sp³-hybridized carbons (Fsp3) is 0.500. The summed E-state index contributed by atoms with van der Waals surface area (Å²) in [4.78, 5) is 0. The van der Waals surface area contributed by atoms with E-state index in [-0.39, 0.29) is 0 Å². The second kappa shape index (κ2) is 6.18. The number of nitrogens with zero attached hydrogens (tertiary/aromatic N) is 1. The van der Waals surface area contributed by atoms with Crippen LogP contribution in [0.2, 0.25) is 39.3 Å². The molecule has 0 heterocycles. The molecule has 0 bridgehead atoms. The van der Waals surface area contributed by atoms with E-state index in [2.05, 4.69) is 62.6 Å². The number of hydrogen-bond acceptors (Lipinski definition) is 2. The average molecular weight is 308 g/mol. The number of allylic oxidation sites excluding steroid dienone is 1. The fourth-order valence-electron chi connectivity index (χ4n) is 2.91. The van der Waals surface area contributed by atoms with E-state index in [9.17, 15) is 5.11 Å². The summed E-state index contributed by atoms with van der Waals surface area (Å²) in [5, 5.41) is 11.0. The highest BCUT2D eigenvalue weighted by atomic mass is 28.4. The molecule has 0 atom stereocenters. The van der Waals surface area contributed by atoms with Crippen molar-refractivity contribution in [2.45, 2.75) is 52.6 Å². The van der Waals surface area contributed by atoms with Crippen LogP contribution < -0.4 is 0 Å². The maximum atomic E-state index is 11.0. The van der Waals surface area contributed by atoms with E-state index in [0.29, 0.717) is 5.88 Å². The standard InChI is InChI=1S/C16H29NOSi2/c1-8-15(14-12-10-9-11-13-14)16(18)17(19(2,3)4)20(5,6)7/h9-13,18H,8H2,1-7H3/b16-15+. The van der Waals surface area contributed by atoms with Crippen molar-refractivity contribution in [3.05, 3.63) is 41.8 Å². The Kier molecular flexibility index (Phi) is 5.27. The van der Waals surface area contributed by atoms with Gasteiger partial charge in [-0.05, 0) is 12.0 Å². The van der Waals surface area contributed by atoms with Crippen LogP contribution in [0.3, 0.4) is 0 Å². The highest BCUT2D eigenvalue weighted by Crippen LogP contribution is 2.30. The quantitative estimate of drug-likeness (QED) is 0.590. The van der Waals surface area contributed by atoms with Gasteiger partial charge in [0.15, 0.2) is 5.88 Å². The van der Waals surface area contributed by atoms with Crippen molar-refractivity contribution in [1.82, 2.24) is 4.23 Å². The predicted octanol–water partition coefficient (Wildman–Crippen LogP) is 5.30. The van der Waals surface area contributed by atoms with E-state index >= 15 is 0 Å². The minimum absolute atomic E-state index is 0.511. The molecule has 1 rings (SSSR count). The van der Waals surface area contributed by atoms with E-state index in [4.69, 9.17) is 0 Å². The summed E-state index contributed by atoms with van der Waals surface area (Å²) in [6, 6.07) is 10.3. The minimum atomic E-state index is -1.61. The highest BCUT2D eigenvalue weighted by molar-refractivity contribution is 6.90. The van der Waals surface area contributed by atoms with Gasteiger partial charge < -0.3 is 9.34 Å². The second-order valence-corrected chi connectivity index (χ2v) is 17.2. The molecule has 1 aromatic rings. The van der Waals surface area contributed by atoms with Crippen molar-refractivity contribution in [3.8, 4) is 0 Å². The normalized spacial score (nSPS) is 13.9. The largest absolute Gasteiger partial charge is 0.496 e. The van der Waals surface area contributed by atoms with E-state index in [1.807, 2.05) is 18.2 Å². The minimum Gasteiger partial charge on any atom is -0.496 e. The van der Waals surface area contributed by atoms with Gasteiger partial charge in [-0.15, -0.1) is 0 Å². The first kappa shape index (κ1) is 17.0. The van der Waals surface area contributed by atoms with Crippen LogP contribution in [0.5, 0.6) is 0 Å². The Hall–Kier alpha value is -1.01. The molecule has 0 aromatic heterocycles. The van der Waals surface area contributed by atoms with Gasteiger partial charge in [-0.3, -0.25) is 0 Å².